The van der Waals surface area contributed by atoms with E-state index in [-0.39, 0.29) is 5.56 Å². The van der Waals surface area contributed by atoms with Gasteiger partial charge in [0.05, 0.1) is 22.0 Å². The van der Waals surface area contributed by atoms with Crippen LogP contribution in [-0.4, -0.2) is 24.7 Å². The molecule has 0 amide bonds. The smallest absolute Gasteiger partial charge is 0.268 e. The second kappa shape index (κ2) is 8.26. The van der Waals surface area contributed by atoms with Crippen molar-refractivity contribution in [2.75, 3.05) is 0 Å². The summed E-state index contributed by atoms with van der Waals surface area (Å²) in [5.74, 6) is 0.843. The molecule has 5 rings (SSSR count). The van der Waals surface area contributed by atoms with Crippen LogP contribution in [0.5, 0.6) is 0 Å². The highest BCUT2D eigenvalue weighted by molar-refractivity contribution is 7.98. The second-order valence-corrected chi connectivity index (χ2v) is 8.77. The van der Waals surface area contributed by atoms with Gasteiger partial charge in [0.1, 0.15) is 16.3 Å². The first-order valence-corrected chi connectivity index (χ1v) is 11.4. The van der Waals surface area contributed by atoms with E-state index in [4.69, 9.17) is 11.6 Å². The number of benzene rings is 2. The molecule has 10 heteroatoms. The van der Waals surface area contributed by atoms with Gasteiger partial charge in [0.2, 0.25) is 0 Å². The highest BCUT2D eigenvalue weighted by Crippen LogP contribution is 2.33. The minimum absolute atomic E-state index is 0.178. The number of thioether (sulfide) groups is 1. The van der Waals surface area contributed by atoms with Crippen molar-refractivity contribution in [1.29, 1.82) is 0 Å². The lowest BCUT2D eigenvalue weighted by Crippen LogP contribution is -2.09. The van der Waals surface area contributed by atoms with E-state index in [0.29, 0.717) is 49.0 Å². The topological polar surface area (TPSA) is 76.5 Å². The molecular formula is C21H13ClFN5OS2. The molecule has 154 valence electrons. The van der Waals surface area contributed by atoms with E-state index in [0.717, 1.165) is 0 Å². The first-order valence-electron chi connectivity index (χ1n) is 9.16. The van der Waals surface area contributed by atoms with Gasteiger partial charge in [0.25, 0.3) is 5.56 Å². The van der Waals surface area contributed by atoms with Crippen LogP contribution < -0.4 is 5.56 Å². The Morgan fingerprint density at radius 3 is 2.74 bits per heavy atom. The largest absolute Gasteiger partial charge is 0.309 e. The molecule has 0 unspecified atom stereocenters. The lowest BCUT2D eigenvalue weighted by atomic mass is 10.2. The maximum atomic E-state index is 14.7. The third-order valence-corrected chi connectivity index (χ3v) is 6.72. The number of hydrogen-bond donors (Lipinski definition) is 1. The summed E-state index contributed by atoms with van der Waals surface area (Å²) >= 11 is 9.01. The van der Waals surface area contributed by atoms with E-state index in [9.17, 15) is 9.18 Å². The summed E-state index contributed by atoms with van der Waals surface area (Å²) < 4.78 is 16.9. The van der Waals surface area contributed by atoms with Crippen molar-refractivity contribution in [3.05, 3.63) is 87.0 Å². The number of nitrogens with one attached hydrogen (secondary N) is 1. The van der Waals surface area contributed by atoms with Crippen LogP contribution in [0.15, 0.2) is 69.9 Å². The van der Waals surface area contributed by atoms with Crippen molar-refractivity contribution in [2.24, 2.45) is 0 Å². The summed E-state index contributed by atoms with van der Waals surface area (Å²) in [6.07, 6.45) is 0. The monoisotopic (exact) mass is 469 g/mol. The van der Waals surface area contributed by atoms with E-state index in [2.05, 4.69) is 20.2 Å². The van der Waals surface area contributed by atoms with Gasteiger partial charge >= 0.3 is 0 Å². The molecule has 0 saturated heterocycles. The Morgan fingerprint density at radius 1 is 1.10 bits per heavy atom. The van der Waals surface area contributed by atoms with Gasteiger partial charge < -0.3 is 4.98 Å². The summed E-state index contributed by atoms with van der Waals surface area (Å²) in [4.78, 5) is 19.5. The van der Waals surface area contributed by atoms with Crippen LogP contribution in [0.1, 0.15) is 5.82 Å². The van der Waals surface area contributed by atoms with Crippen LogP contribution in [0.4, 0.5) is 4.39 Å². The molecule has 0 bridgehead atoms. The molecule has 5 aromatic rings. The molecule has 0 spiro atoms. The molecule has 31 heavy (non-hydrogen) atoms. The van der Waals surface area contributed by atoms with Crippen molar-refractivity contribution in [3.63, 3.8) is 0 Å². The number of rotatable bonds is 5. The molecule has 3 aromatic heterocycles. The van der Waals surface area contributed by atoms with Crippen LogP contribution in [0.3, 0.4) is 0 Å². The van der Waals surface area contributed by atoms with Gasteiger partial charge in [-0.15, -0.1) is 21.5 Å². The summed E-state index contributed by atoms with van der Waals surface area (Å²) in [6, 6.07) is 15.4. The number of fused-ring (bicyclic) bond motifs is 1. The Bertz CT molecular complexity index is 1460. The summed E-state index contributed by atoms with van der Waals surface area (Å²) in [5, 5.41) is 11.3. The Kier molecular flexibility index (Phi) is 5.31. The highest BCUT2D eigenvalue weighted by Gasteiger charge is 2.20. The number of hydrogen-bond acceptors (Lipinski definition) is 6. The third kappa shape index (κ3) is 3.76. The number of H-pyrrole nitrogens is 1. The Balaban J connectivity index is 1.57. The van der Waals surface area contributed by atoms with Gasteiger partial charge in [-0.05, 0) is 35.7 Å². The molecule has 3 heterocycles. The molecule has 2 aromatic carbocycles. The maximum Gasteiger partial charge on any atom is 0.268 e. The number of thiophene rings is 1. The van der Waals surface area contributed by atoms with Gasteiger partial charge in [-0.3, -0.25) is 9.36 Å². The first-order chi connectivity index (χ1) is 15.1. The minimum atomic E-state index is -0.413. The van der Waals surface area contributed by atoms with Gasteiger partial charge in [0.15, 0.2) is 11.0 Å². The van der Waals surface area contributed by atoms with Crippen molar-refractivity contribution >= 4 is 44.9 Å². The molecule has 0 fully saturated rings. The quantitative estimate of drug-likeness (QED) is 0.353. The highest BCUT2D eigenvalue weighted by atomic mass is 35.5. The minimum Gasteiger partial charge on any atom is -0.309 e. The van der Waals surface area contributed by atoms with Gasteiger partial charge in [-0.1, -0.05) is 47.6 Å². The molecule has 0 aliphatic rings. The molecule has 0 aliphatic carbocycles. The van der Waals surface area contributed by atoms with Crippen LogP contribution in [0, 0.1) is 5.82 Å². The summed E-state index contributed by atoms with van der Waals surface area (Å²) in [7, 11) is 0. The molecule has 1 N–H and O–H groups in total. The molecule has 0 atom stereocenters. The molecule has 6 nitrogen and oxygen atoms in total. The van der Waals surface area contributed by atoms with Crippen LogP contribution in [0.2, 0.25) is 5.02 Å². The van der Waals surface area contributed by atoms with Gasteiger partial charge in [-0.2, -0.15) is 0 Å². The van der Waals surface area contributed by atoms with Crippen LogP contribution in [-0.2, 0) is 5.75 Å². The van der Waals surface area contributed by atoms with Gasteiger partial charge in [0, 0.05) is 5.56 Å². The van der Waals surface area contributed by atoms with E-state index < -0.39 is 5.82 Å². The fourth-order valence-corrected chi connectivity index (χ4v) is 4.91. The third-order valence-electron chi connectivity index (χ3n) is 4.54. The predicted molar refractivity (Wildman–Crippen MR) is 122 cm³/mol. The molecular weight excluding hydrogens is 457 g/mol. The summed E-state index contributed by atoms with van der Waals surface area (Å²) in [6.45, 7) is 0. The normalized spacial score (nSPS) is 11.3. The molecule has 0 radical (unpaired) electrons. The Hall–Kier alpha value is -3.01. The second-order valence-electron chi connectivity index (χ2n) is 6.51. The molecule has 0 saturated carbocycles. The van der Waals surface area contributed by atoms with Crippen molar-refractivity contribution in [2.45, 2.75) is 10.9 Å². The predicted octanol–water partition coefficient (Wildman–Crippen LogP) is 5.32. The lowest BCUT2D eigenvalue weighted by molar-refractivity contribution is 0.613. The summed E-state index contributed by atoms with van der Waals surface area (Å²) in [5.41, 5.74) is 1.41. The number of aromatic nitrogens is 5. The number of halogens is 2. The first kappa shape index (κ1) is 19.9. The van der Waals surface area contributed by atoms with E-state index in [1.165, 1.54) is 29.2 Å². The standard InChI is InChI=1S/C21H13ClFN5OS2/c22-13-6-2-1-5-12(13)19-26-27-21(28(19)16-8-4-3-7-14(16)23)31-11-17-24-15-9-10-30-18(15)20(29)25-17/h1-10H,11H2,(H,24,25,29). The Labute approximate surface area is 188 Å². The Morgan fingerprint density at radius 2 is 1.90 bits per heavy atom. The van der Waals surface area contributed by atoms with E-state index >= 15 is 0 Å². The maximum absolute atomic E-state index is 14.7. The fourth-order valence-electron chi connectivity index (χ4n) is 3.15. The fraction of sp³-hybridized carbons (Fsp3) is 0.0476. The van der Waals surface area contributed by atoms with E-state index in [1.807, 2.05) is 23.6 Å². The lowest BCUT2D eigenvalue weighted by Gasteiger charge is -2.12. The van der Waals surface area contributed by atoms with Crippen molar-refractivity contribution in [1.82, 2.24) is 24.7 Å². The molecule has 0 aliphatic heterocycles. The zero-order valence-electron chi connectivity index (χ0n) is 15.8. The number of nitrogens with zero attached hydrogens (tertiary/aromatic N) is 4. The van der Waals surface area contributed by atoms with Crippen molar-refractivity contribution < 1.29 is 4.39 Å². The van der Waals surface area contributed by atoms with Crippen LogP contribution >= 0.6 is 34.7 Å². The van der Waals surface area contributed by atoms with Gasteiger partial charge in [-0.25, -0.2) is 9.37 Å². The average molecular weight is 470 g/mol. The zero-order valence-corrected chi connectivity index (χ0v) is 18.1. The van der Waals surface area contributed by atoms with Crippen LogP contribution in [0.25, 0.3) is 27.3 Å². The van der Waals surface area contributed by atoms with E-state index in [1.54, 1.807) is 34.9 Å². The average Bonchev–Trinajstić information content (AvgIpc) is 3.40. The zero-order chi connectivity index (χ0) is 21.4. The number of aromatic amines is 1. The SMILES string of the molecule is O=c1[nH]c(CSc2nnc(-c3ccccc3Cl)n2-c2ccccc2F)nc2ccsc12. The van der Waals surface area contributed by atoms with Crippen molar-refractivity contribution in [3.8, 4) is 17.1 Å². The number of para-hydroxylation sites is 1.